The van der Waals surface area contributed by atoms with Crippen LogP contribution in [0.1, 0.15) is 23.7 Å². The van der Waals surface area contributed by atoms with Gasteiger partial charge in [-0.1, -0.05) is 0 Å². The summed E-state index contributed by atoms with van der Waals surface area (Å²) in [6.07, 6.45) is 1.20. The summed E-state index contributed by atoms with van der Waals surface area (Å²) in [7, 11) is 1.77. The Kier molecular flexibility index (Phi) is 5.93. The van der Waals surface area contributed by atoms with Crippen molar-refractivity contribution in [1.82, 2.24) is 0 Å². The Hall–Kier alpha value is -0.301. The molecule has 0 amide bonds. The van der Waals surface area contributed by atoms with Gasteiger partial charge in [-0.05, 0) is 0 Å². The van der Waals surface area contributed by atoms with Gasteiger partial charge in [0, 0.05) is 0 Å². The van der Waals surface area contributed by atoms with Crippen molar-refractivity contribution >= 4 is 15.0 Å². The maximum atomic E-state index is 5.04. The van der Waals surface area contributed by atoms with Crippen LogP contribution >= 0.6 is 0 Å². The molecule has 0 fully saturated rings. The molecule has 0 aliphatic carbocycles. The molecule has 0 N–H and O–H groups in total. The van der Waals surface area contributed by atoms with Crippen molar-refractivity contribution in [2.45, 2.75) is 23.5 Å². The van der Waals surface area contributed by atoms with Gasteiger partial charge >= 0.3 is 92.8 Å². The number of benzene rings is 1. The van der Waals surface area contributed by atoms with Crippen molar-refractivity contribution in [2.24, 2.45) is 0 Å². The first-order chi connectivity index (χ1) is 6.84. The number of methoxy groups -OCH3 is 1. The average molecular weight is 257 g/mol. The zero-order chi connectivity index (χ0) is 10.2. The topological polar surface area (TPSA) is 9.23 Å². The Bertz CT molecular complexity index is 235. The molecule has 0 spiro atoms. The average Bonchev–Trinajstić information content (AvgIpc) is 2.25. The van der Waals surface area contributed by atoms with E-state index in [1.807, 2.05) is 0 Å². The summed E-state index contributed by atoms with van der Waals surface area (Å²) in [5.74, 6) is 0. The van der Waals surface area contributed by atoms with Gasteiger partial charge in [0.15, 0.2) is 0 Å². The second-order valence-corrected chi connectivity index (χ2v) is 6.31. The molecule has 0 saturated heterocycles. The van der Waals surface area contributed by atoms with E-state index in [9.17, 15) is 0 Å². The van der Waals surface area contributed by atoms with E-state index in [4.69, 9.17) is 4.74 Å². The zero-order valence-corrected chi connectivity index (χ0v) is 10.6. The number of hydrogen-bond acceptors (Lipinski definition) is 1. The first kappa shape index (κ1) is 11.8. The Morgan fingerprint density at radius 3 is 2.64 bits per heavy atom. The summed E-state index contributed by atoms with van der Waals surface area (Å²) in [4.78, 5) is 0.737. The summed E-state index contributed by atoms with van der Waals surface area (Å²) in [6, 6.07) is 10.8. The predicted octanol–water partition coefficient (Wildman–Crippen LogP) is 2.91. The van der Waals surface area contributed by atoms with Crippen molar-refractivity contribution in [3.8, 4) is 0 Å². The van der Waals surface area contributed by atoms with Crippen LogP contribution < -0.4 is 0 Å². The maximum absolute atomic E-state index is 5.04. The third-order valence-electron chi connectivity index (χ3n) is 2.13. The van der Waals surface area contributed by atoms with Crippen LogP contribution in [0.5, 0.6) is 0 Å². The van der Waals surface area contributed by atoms with Gasteiger partial charge in [0.1, 0.15) is 0 Å². The second kappa shape index (κ2) is 7.05. The molecule has 0 aliphatic heterocycles. The standard InChI is InChI=1S/C12H18OSe/c1-11(14-10-6-9-13-2)12-7-4-3-5-8-12/h3-5,7-8,11H,6,9-10H2,1-2H3. The fourth-order valence-electron chi connectivity index (χ4n) is 1.28. The van der Waals surface area contributed by atoms with E-state index >= 15 is 0 Å². The van der Waals surface area contributed by atoms with Crippen LogP contribution in [0.2, 0.25) is 5.32 Å². The fourth-order valence-corrected chi connectivity index (χ4v) is 3.36. The number of rotatable bonds is 6. The van der Waals surface area contributed by atoms with Gasteiger partial charge in [0.05, 0.1) is 0 Å². The van der Waals surface area contributed by atoms with Crippen molar-refractivity contribution in [2.75, 3.05) is 13.7 Å². The summed E-state index contributed by atoms with van der Waals surface area (Å²) >= 11 is 0.708. The van der Waals surface area contributed by atoms with E-state index in [1.54, 1.807) is 7.11 Å². The van der Waals surface area contributed by atoms with Crippen LogP contribution in [0.15, 0.2) is 30.3 Å². The fraction of sp³-hybridized carbons (Fsp3) is 0.500. The van der Waals surface area contributed by atoms with Gasteiger partial charge in [-0.25, -0.2) is 0 Å². The molecule has 1 nitrogen and oxygen atoms in total. The van der Waals surface area contributed by atoms with Crippen molar-refractivity contribution in [1.29, 1.82) is 0 Å². The Labute approximate surface area is 93.0 Å². The summed E-state index contributed by atoms with van der Waals surface area (Å²) in [5.41, 5.74) is 1.48. The Balaban J connectivity index is 2.25. The zero-order valence-electron chi connectivity index (χ0n) is 8.90. The van der Waals surface area contributed by atoms with E-state index in [1.165, 1.54) is 17.3 Å². The molecule has 1 aromatic rings. The number of hydrogen-bond donors (Lipinski definition) is 0. The van der Waals surface area contributed by atoms with Crippen LogP contribution in [0.25, 0.3) is 0 Å². The van der Waals surface area contributed by atoms with E-state index in [0.717, 1.165) is 11.4 Å². The van der Waals surface area contributed by atoms with E-state index in [0.29, 0.717) is 15.0 Å². The van der Waals surface area contributed by atoms with Crippen LogP contribution in [0.3, 0.4) is 0 Å². The Morgan fingerprint density at radius 1 is 1.29 bits per heavy atom. The van der Waals surface area contributed by atoms with Crippen molar-refractivity contribution < 1.29 is 4.74 Å². The van der Waals surface area contributed by atoms with Crippen LogP contribution in [0.4, 0.5) is 0 Å². The minimum atomic E-state index is 0.708. The van der Waals surface area contributed by atoms with Gasteiger partial charge in [0.2, 0.25) is 0 Å². The normalized spacial score (nSPS) is 12.7. The molecule has 1 atom stereocenters. The molecule has 1 rings (SSSR count). The second-order valence-electron chi connectivity index (χ2n) is 3.27. The van der Waals surface area contributed by atoms with Gasteiger partial charge in [-0.15, -0.1) is 0 Å². The molecule has 0 radical (unpaired) electrons. The molecule has 1 aromatic carbocycles. The molecule has 0 heterocycles. The molecule has 0 aromatic heterocycles. The van der Waals surface area contributed by atoms with Crippen molar-refractivity contribution in [3.63, 3.8) is 0 Å². The van der Waals surface area contributed by atoms with Crippen molar-refractivity contribution in [3.05, 3.63) is 35.9 Å². The van der Waals surface area contributed by atoms with Crippen LogP contribution in [-0.4, -0.2) is 28.7 Å². The molecular weight excluding hydrogens is 239 g/mol. The summed E-state index contributed by atoms with van der Waals surface area (Å²) in [6.45, 7) is 3.23. The number of ether oxygens (including phenoxy) is 1. The summed E-state index contributed by atoms with van der Waals surface area (Å²) < 4.78 is 5.04. The molecule has 0 aliphatic rings. The molecule has 2 heteroatoms. The third kappa shape index (κ3) is 4.28. The SMILES string of the molecule is COCCC[Se]C(C)c1ccccc1. The van der Waals surface area contributed by atoms with Gasteiger partial charge in [-0.2, -0.15) is 0 Å². The molecule has 14 heavy (non-hydrogen) atoms. The third-order valence-corrected chi connectivity index (χ3v) is 4.85. The van der Waals surface area contributed by atoms with Crippen LogP contribution in [-0.2, 0) is 4.74 Å². The Morgan fingerprint density at radius 2 is 2.00 bits per heavy atom. The molecule has 1 unspecified atom stereocenters. The minimum absolute atomic E-state index is 0.708. The van der Waals surface area contributed by atoms with Gasteiger partial charge < -0.3 is 0 Å². The quantitative estimate of drug-likeness (QED) is 0.562. The first-order valence-corrected chi connectivity index (χ1v) is 7.20. The molecular formula is C12H18OSe. The van der Waals surface area contributed by atoms with Gasteiger partial charge in [-0.3, -0.25) is 0 Å². The van der Waals surface area contributed by atoms with Crippen LogP contribution in [0, 0.1) is 0 Å². The molecule has 0 saturated carbocycles. The predicted molar refractivity (Wildman–Crippen MR) is 61.9 cm³/mol. The molecule has 78 valence electrons. The van der Waals surface area contributed by atoms with Gasteiger partial charge in [0.25, 0.3) is 0 Å². The first-order valence-electron chi connectivity index (χ1n) is 5.00. The van der Waals surface area contributed by atoms with E-state index in [2.05, 4.69) is 37.3 Å². The molecule has 0 bridgehead atoms. The monoisotopic (exact) mass is 258 g/mol. The summed E-state index contributed by atoms with van der Waals surface area (Å²) in [5, 5.41) is 1.32. The van der Waals surface area contributed by atoms with E-state index in [-0.39, 0.29) is 0 Å². The van der Waals surface area contributed by atoms with E-state index < -0.39 is 0 Å².